The van der Waals surface area contributed by atoms with E-state index >= 15 is 0 Å². The van der Waals surface area contributed by atoms with Gasteiger partial charge in [-0.05, 0) is 77.0 Å². The molecule has 0 bridgehead atoms. The van der Waals surface area contributed by atoms with Gasteiger partial charge in [0.1, 0.15) is 13.2 Å². The van der Waals surface area contributed by atoms with Gasteiger partial charge in [-0.25, -0.2) is 0 Å². The number of carbonyl (C=O) groups excluding carboxylic acids is 3. The van der Waals surface area contributed by atoms with E-state index in [0.29, 0.717) is 19.3 Å². The summed E-state index contributed by atoms with van der Waals surface area (Å²) in [5.41, 5.74) is 0. The van der Waals surface area contributed by atoms with Gasteiger partial charge in [0.15, 0.2) is 6.10 Å². The van der Waals surface area contributed by atoms with Crippen LogP contribution in [-0.2, 0) is 28.6 Å². The van der Waals surface area contributed by atoms with Gasteiger partial charge < -0.3 is 14.2 Å². The number of unbranched alkanes of at least 4 members (excludes halogenated alkanes) is 34. The number of ether oxygens (including phenoxy) is 3. The Morgan fingerprint density at radius 2 is 0.582 bits per heavy atom. The molecule has 0 N–H and O–H groups in total. The minimum Gasteiger partial charge on any atom is -0.462 e. The Morgan fingerprint density at radius 3 is 0.940 bits per heavy atom. The second kappa shape index (κ2) is 56.0. The molecular formula is C61H110O6. The van der Waals surface area contributed by atoms with Crippen LogP contribution in [-0.4, -0.2) is 37.2 Å². The van der Waals surface area contributed by atoms with Gasteiger partial charge in [-0.3, -0.25) is 14.4 Å². The standard InChI is InChI=1S/C61H110O6/c1-4-7-10-13-16-19-22-25-27-29-30-32-33-36-39-42-45-48-51-54-60(63)66-57-58(56-65-59(62)53-50-47-44-41-38-35-24-21-18-15-12-9-6-3)67-61(64)55-52-49-46-43-40-37-34-31-28-26-23-20-17-14-11-8-5-2/h9,12,18,21,25,27,35,38,58H,4-8,10-11,13-17,19-20,22-24,26,28-34,36-37,39-57H2,1-3H3/b12-9-,21-18-,27-25-,38-35-. The molecule has 0 aromatic rings. The Balaban J connectivity index is 4.34. The van der Waals surface area contributed by atoms with Crippen molar-refractivity contribution in [3.63, 3.8) is 0 Å². The second-order valence-corrected chi connectivity index (χ2v) is 19.5. The normalized spacial score (nSPS) is 12.3. The van der Waals surface area contributed by atoms with Crippen molar-refractivity contribution < 1.29 is 28.6 Å². The Hall–Kier alpha value is -2.63. The van der Waals surface area contributed by atoms with Crippen LogP contribution in [0.3, 0.4) is 0 Å². The van der Waals surface area contributed by atoms with Gasteiger partial charge in [0.05, 0.1) is 0 Å². The predicted octanol–water partition coefficient (Wildman–Crippen LogP) is 19.4. The van der Waals surface area contributed by atoms with Crippen LogP contribution in [0, 0.1) is 0 Å². The van der Waals surface area contributed by atoms with Gasteiger partial charge in [-0.2, -0.15) is 0 Å². The van der Waals surface area contributed by atoms with Crippen LogP contribution in [0.5, 0.6) is 0 Å². The van der Waals surface area contributed by atoms with Crippen molar-refractivity contribution in [3.8, 4) is 0 Å². The van der Waals surface area contributed by atoms with Gasteiger partial charge in [0.25, 0.3) is 0 Å². The maximum absolute atomic E-state index is 12.9. The smallest absolute Gasteiger partial charge is 0.306 e. The maximum atomic E-state index is 12.9. The monoisotopic (exact) mass is 939 g/mol. The van der Waals surface area contributed by atoms with E-state index in [0.717, 1.165) is 83.5 Å². The number of esters is 3. The largest absolute Gasteiger partial charge is 0.462 e. The van der Waals surface area contributed by atoms with Gasteiger partial charge in [0.2, 0.25) is 0 Å². The third-order valence-electron chi connectivity index (χ3n) is 12.8. The topological polar surface area (TPSA) is 78.9 Å². The predicted molar refractivity (Wildman–Crippen MR) is 289 cm³/mol. The quantitative estimate of drug-likeness (QED) is 0.0262. The summed E-state index contributed by atoms with van der Waals surface area (Å²) >= 11 is 0. The molecule has 0 aliphatic carbocycles. The van der Waals surface area contributed by atoms with E-state index in [-0.39, 0.29) is 31.1 Å². The van der Waals surface area contributed by atoms with Crippen LogP contribution in [0.1, 0.15) is 303 Å². The number of hydrogen-bond donors (Lipinski definition) is 0. The van der Waals surface area contributed by atoms with E-state index in [9.17, 15) is 14.4 Å². The molecule has 0 fully saturated rings. The summed E-state index contributed by atoms with van der Waals surface area (Å²) in [6.45, 7) is 6.53. The first-order valence-electron chi connectivity index (χ1n) is 29.1. The lowest BCUT2D eigenvalue weighted by molar-refractivity contribution is -0.167. The molecule has 1 atom stereocenters. The third-order valence-corrected chi connectivity index (χ3v) is 12.8. The lowest BCUT2D eigenvalue weighted by Gasteiger charge is -2.18. The molecule has 0 aromatic heterocycles. The van der Waals surface area contributed by atoms with Gasteiger partial charge in [-0.15, -0.1) is 0 Å². The first kappa shape index (κ1) is 64.4. The van der Waals surface area contributed by atoms with Gasteiger partial charge in [-0.1, -0.05) is 256 Å². The molecular weight excluding hydrogens is 829 g/mol. The summed E-state index contributed by atoms with van der Waals surface area (Å²) in [6, 6.07) is 0. The number of carbonyl (C=O) groups is 3. The zero-order valence-electron chi connectivity index (χ0n) is 44.7. The molecule has 0 amide bonds. The van der Waals surface area contributed by atoms with E-state index in [1.807, 2.05) is 0 Å². The van der Waals surface area contributed by atoms with E-state index < -0.39 is 6.10 Å². The van der Waals surface area contributed by atoms with Crippen LogP contribution >= 0.6 is 0 Å². The minimum absolute atomic E-state index is 0.0806. The highest BCUT2D eigenvalue weighted by molar-refractivity contribution is 5.71. The molecule has 0 saturated heterocycles. The summed E-state index contributed by atoms with van der Waals surface area (Å²) in [5, 5.41) is 0. The third kappa shape index (κ3) is 54.2. The summed E-state index contributed by atoms with van der Waals surface area (Å²) < 4.78 is 16.9. The highest BCUT2D eigenvalue weighted by Gasteiger charge is 2.19. The van der Waals surface area contributed by atoms with Crippen molar-refractivity contribution in [2.24, 2.45) is 0 Å². The van der Waals surface area contributed by atoms with Crippen molar-refractivity contribution in [2.45, 2.75) is 309 Å². The molecule has 390 valence electrons. The molecule has 6 nitrogen and oxygen atoms in total. The molecule has 0 aromatic carbocycles. The van der Waals surface area contributed by atoms with Crippen molar-refractivity contribution >= 4 is 17.9 Å². The van der Waals surface area contributed by atoms with E-state index in [1.165, 1.54) is 180 Å². The van der Waals surface area contributed by atoms with Crippen molar-refractivity contribution in [1.82, 2.24) is 0 Å². The Morgan fingerprint density at radius 1 is 0.313 bits per heavy atom. The van der Waals surface area contributed by atoms with E-state index in [4.69, 9.17) is 14.2 Å². The Labute approximate surface area is 416 Å². The lowest BCUT2D eigenvalue weighted by atomic mass is 10.0. The SMILES string of the molecule is CC/C=C\C/C=C\C/C=C\CCCCCC(=O)OCC(COC(=O)CCCCCCCCCCC/C=C\CCCCCCCC)OC(=O)CCCCCCCCCCCCCCCCCCC. The van der Waals surface area contributed by atoms with Crippen LogP contribution in [0.15, 0.2) is 48.6 Å². The molecule has 0 rings (SSSR count). The molecule has 0 saturated carbocycles. The first-order valence-corrected chi connectivity index (χ1v) is 29.1. The zero-order valence-corrected chi connectivity index (χ0v) is 44.7. The van der Waals surface area contributed by atoms with Crippen LogP contribution < -0.4 is 0 Å². The van der Waals surface area contributed by atoms with Crippen molar-refractivity contribution in [3.05, 3.63) is 48.6 Å². The molecule has 0 radical (unpaired) electrons. The van der Waals surface area contributed by atoms with E-state index in [2.05, 4.69) is 69.4 Å². The second-order valence-electron chi connectivity index (χ2n) is 19.5. The maximum Gasteiger partial charge on any atom is 0.306 e. The van der Waals surface area contributed by atoms with Crippen LogP contribution in [0.25, 0.3) is 0 Å². The molecule has 0 aliphatic rings. The Bertz CT molecular complexity index is 1170. The zero-order chi connectivity index (χ0) is 48.6. The van der Waals surface area contributed by atoms with Crippen molar-refractivity contribution in [2.75, 3.05) is 13.2 Å². The fourth-order valence-corrected chi connectivity index (χ4v) is 8.45. The average Bonchev–Trinajstić information content (AvgIpc) is 3.33. The average molecular weight is 940 g/mol. The molecule has 67 heavy (non-hydrogen) atoms. The highest BCUT2D eigenvalue weighted by Crippen LogP contribution is 2.16. The summed E-state index contributed by atoms with van der Waals surface area (Å²) in [4.78, 5) is 38.1. The minimum atomic E-state index is -0.783. The summed E-state index contributed by atoms with van der Waals surface area (Å²) in [6.07, 6.45) is 68.2. The Kier molecular flexibility index (Phi) is 53.8. The number of rotatable bonds is 53. The fraction of sp³-hybridized carbons (Fsp3) is 0.820. The first-order chi connectivity index (χ1) is 33.0. The van der Waals surface area contributed by atoms with Gasteiger partial charge >= 0.3 is 17.9 Å². The van der Waals surface area contributed by atoms with E-state index in [1.54, 1.807) is 0 Å². The highest BCUT2D eigenvalue weighted by atomic mass is 16.6. The van der Waals surface area contributed by atoms with Gasteiger partial charge in [0, 0.05) is 19.3 Å². The molecule has 6 heteroatoms. The summed E-state index contributed by atoms with van der Waals surface area (Å²) in [7, 11) is 0. The molecule has 0 aliphatic heterocycles. The fourth-order valence-electron chi connectivity index (χ4n) is 8.45. The van der Waals surface area contributed by atoms with Crippen molar-refractivity contribution in [1.29, 1.82) is 0 Å². The molecule has 0 spiro atoms. The number of allylic oxidation sites excluding steroid dienone is 8. The lowest BCUT2D eigenvalue weighted by Crippen LogP contribution is -2.30. The molecule has 0 heterocycles. The van der Waals surface area contributed by atoms with Crippen LogP contribution in [0.2, 0.25) is 0 Å². The summed E-state index contributed by atoms with van der Waals surface area (Å²) in [5.74, 6) is -0.897. The molecule has 1 unspecified atom stereocenters. The number of hydrogen-bond acceptors (Lipinski definition) is 6. The van der Waals surface area contributed by atoms with Crippen LogP contribution in [0.4, 0.5) is 0 Å².